The predicted octanol–water partition coefficient (Wildman–Crippen LogP) is 4.22. The van der Waals surface area contributed by atoms with Crippen LogP contribution in [0.4, 0.5) is 0 Å². The van der Waals surface area contributed by atoms with Gasteiger partial charge in [-0.15, -0.1) is 0 Å². The maximum Gasteiger partial charge on any atom is 0.339 e. The average molecular weight is 280 g/mol. The van der Waals surface area contributed by atoms with Crippen LogP contribution in [-0.2, 0) is 12.8 Å². The van der Waals surface area contributed by atoms with Gasteiger partial charge in [-0.1, -0.05) is 36.4 Å². The van der Waals surface area contributed by atoms with Gasteiger partial charge in [-0.3, -0.25) is 0 Å². The molecular formula is C18H16O3. The number of benzene rings is 2. The first-order chi connectivity index (χ1) is 10.1. The lowest BCUT2D eigenvalue weighted by atomic mass is 10.0. The van der Waals surface area contributed by atoms with Crippen LogP contribution in [0.1, 0.15) is 27.2 Å². The molecule has 106 valence electrons. The highest BCUT2D eigenvalue weighted by atomic mass is 16.4. The Balaban J connectivity index is 1.90. The Kier molecular flexibility index (Phi) is 3.48. The second-order valence-corrected chi connectivity index (χ2v) is 5.15. The molecule has 0 saturated carbocycles. The number of carboxylic acids is 1. The summed E-state index contributed by atoms with van der Waals surface area (Å²) in [5.74, 6) is -0.482. The van der Waals surface area contributed by atoms with Gasteiger partial charge >= 0.3 is 5.97 Å². The van der Waals surface area contributed by atoms with Crippen molar-refractivity contribution in [1.29, 1.82) is 0 Å². The molecule has 3 aromatic rings. The van der Waals surface area contributed by atoms with Crippen LogP contribution in [0.15, 0.2) is 52.9 Å². The number of carbonyl (C=O) groups is 1. The minimum Gasteiger partial charge on any atom is -0.478 e. The van der Waals surface area contributed by atoms with E-state index in [9.17, 15) is 9.90 Å². The summed E-state index contributed by atoms with van der Waals surface area (Å²) in [6.07, 6.45) is 1.81. The second kappa shape index (κ2) is 5.44. The number of hydrogen-bond donors (Lipinski definition) is 1. The van der Waals surface area contributed by atoms with E-state index in [0.717, 1.165) is 18.4 Å². The van der Waals surface area contributed by atoms with E-state index < -0.39 is 5.97 Å². The highest BCUT2D eigenvalue weighted by Crippen LogP contribution is 2.27. The minimum atomic E-state index is -0.938. The molecule has 1 heterocycles. The summed E-state index contributed by atoms with van der Waals surface area (Å²) >= 11 is 0. The lowest BCUT2D eigenvalue weighted by Gasteiger charge is -2.02. The molecule has 21 heavy (non-hydrogen) atoms. The summed E-state index contributed by atoms with van der Waals surface area (Å²) in [4.78, 5) is 11.3. The zero-order chi connectivity index (χ0) is 14.8. The normalized spacial score (nSPS) is 10.9. The van der Waals surface area contributed by atoms with Crippen LogP contribution in [0, 0.1) is 6.92 Å². The molecule has 3 nitrogen and oxygen atoms in total. The molecule has 0 saturated heterocycles. The average Bonchev–Trinajstić information content (AvgIpc) is 2.81. The Morgan fingerprint density at radius 1 is 1.05 bits per heavy atom. The van der Waals surface area contributed by atoms with Gasteiger partial charge in [0.05, 0.1) is 0 Å². The molecule has 3 rings (SSSR count). The van der Waals surface area contributed by atoms with Crippen LogP contribution in [0.25, 0.3) is 11.0 Å². The van der Waals surface area contributed by atoms with Gasteiger partial charge in [-0.05, 0) is 43.0 Å². The van der Waals surface area contributed by atoms with Crippen molar-refractivity contribution in [2.45, 2.75) is 19.8 Å². The number of aromatic carboxylic acids is 1. The fraction of sp³-hybridized carbons (Fsp3) is 0.167. The van der Waals surface area contributed by atoms with E-state index in [4.69, 9.17) is 4.42 Å². The molecule has 3 heteroatoms. The predicted molar refractivity (Wildman–Crippen MR) is 81.8 cm³/mol. The SMILES string of the molecule is Cc1oc2ccc(CCc3ccccc3)cc2c1C(=O)O. The molecular weight excluding hydrogens is 264 g/mol. The van der Waals surface area contributed by atoms with E-state index in [1.54, 1.807) is 6.92 Å². The van der Waals surface area contributed by atoms with Gasteiger partial charge in [-0.25, -0.2) is 4.79 Å². The first-order valence-electron chi connectivity index (χ1n) is 6.94. The largest absolute Gasteiger partial charge is 0.478 e. The van der Waals surface area contributed by atoms with E-state index in [-0.39, 0.29) is 5.56 Å². The maximum atomic E-state index is 11.3. The van der Waals surface area contributed by atoms with Gasteiger partial charge in [-0.2, -0.15) is 0 Å². The molecule has 1 aromatic heterocycles. The molecule has 0 aliphatic heterocycles. The summed E-state index contributed by atoms with van der Waals surface area (Å²) in [6, 6.07) is 16.0. The Hall–Kier alpha value is -2.55. The molecule has 0 aliphatic carbocycles. The number of carboxylic acid groups (broad SMARTS) is 1. The monoisotopic (exact) mass is 280 g/mol. The van der Waals surface area contributed by atoms with Crippen molar-refractivity contribution >= 4 is 16.9 Å². The summed E-state index contributed by atoms with van der Waals surface area (Å²) in [6.45, 7) is 1.69. The zero-order valence-corrected chi connectivity index (χ0v) is 11.8. The molecule has 2 aromatic carbocycles. The van der Waals surface area contributed by atoms with Crippen molar-refractivity contribution in [3.63, 3.8) is 0 Å². The topological polar surface area (TPSA) is 50.4 Å². The maximum absolute atomic E-state index is 11.3. The van der Waals surface area contributed by atoms with Crippen LogP contribution < -0.4 is 0 Å². The van der Waals surface area contributed by atoms with Gasteiger partial charge in [0.1, 0.15) is 16.9 Å². The third kappa shape index (κ3) is 2.68. The molecule has 0 aliphatic rings. The molecule has 0 fully saturated rings. The third-order valence-electron chi connectivity index (χ3n) is 3.69. The van der Waals surface area contributed by atoms with E-state index in [2.05, 4.69) is 12.1 Å². The van der Waals surface area contributed by atoms with Crippen molar-refractivity contribution in [3.05, 3.63) is 71.0 Å². The lowest BCUT2D eigenvalue weighted by Crippen LogP contribution is -1.97. The quantitative estimate of drug-likeness (QED) is 0.778. The third-order valence-corrected chi connectivity index (χ3v) is 3.69. The molecule has 0 unspecified atom stereocenters. The van der Waals surface area contributed by atoms with Gasteiger partial charge in [0.2, 0.25) is 0 Å². The molecule has 0 bridgehead atoms. The molecule has 0 amide bonds. The van der Waals surface area contributed by atoms with E-state index in [1.807, 2.05) is 36.4 Å². The van der Waals surface area contributed by atoms with Crippen LogP contribution in [0.5, 0.6) is 0 Å². The number of hydrogen-bond acceptors (Lipinski definition) is 2. The first kappa shape index (κ1) is 13.4. The standard InChI is InChI=1S/C18H16O3/c1-12-17(18(19)20)15-11-14(9-10-16(15)21-12)8-7-13-5-3-2-4-6-13/h2-6,9-11H,7-8H2,1H3,(H,19,20). The fourth-order valence-corrected chi connectivity index (χ4v) is 2.62. The Morgan fingerprint density at radius 2 is 1.76 bits per heavy atom. The summed E-state index contributed by atoms with van der Waals surface area (Å²) in [5, 5.41) is 9.98. The Bertz CT molecular complexity index is 785. The van der Waals surface area contributed by atoms with Gasteiger partial charge in [0.15, 0.2) is 0 Å². The van der Waals surface area contributed by atoms with Crippen LogP contribution in [0.2, 0.25) is 0 Å². The fourth-order valence-electron chi connectivity index (χ4n) is 2.62. The van der Waals surface area contributed by atoms with Crippen molar-refractivity contribution in [2.75, 3.05) is 0 Å². The second-order valence-electron chi connectivity index (χ2n) is 5.15. The number of fused-ring (bicyclic) bond motifs is 1. The van der Waals surface area contributed by atoms with Crippen LogP contribution >= 0.6 is 0 Å². The van der Waals surface area contributed by atoms with Gasteiger partial charge in [0.25, 0.3) is 0 Å². The first-order valence-corrected chi connectivity index (χ1v) is 6.94. The van der Waals surface area contributed by atoms with Crippen molar-refractivity contribution in [1.82, 2.24) is 0 Å². The number of rotatable bonds is 4. The highest BCUT2D eigenvalue weighted by Gasteiger charge is 2.17. The molecule has 0 radical (unpaired) electrons. The molecule has 0 atom stereocenters. The summed E-state index contributed by atoms with van der Waals surface area (Å²) in [7, 11) is 0. The van der Waals surface area contributed by atoms with Gasteiger partial charge < -0.3 is 9.52 Å². The van der Waals surface area contributed by atoms with E-state index >= 15 is 0 Å². The Morgan fingerprint density at radius 3 is 2.48 bits per heavy atom. The van der Waals surface area contributed by atoms with Crippen molar-refractivity contribution in [3.8, 4) is 0 Å². The van der Waals surface area contributed by atoms with Crippen molar-refractivity contribution in [2.24, 2.45) is 0 Å². The minimum absolute atomic E-state index is 0.270. The van der Waals surface area contributed by atoms with E-state index in [1.165, 1.54) is 5.56 Å². The lowest BCUT2D eigenvalue weighted by molar-refractivity contribution is 0.0697. The van der Waals surface area contributed by atoms with Gasteiger partial charge in [0, 0.05) is 5.39 Å². The number of furan rings is 1. The molecule has 1 N–H and O–H groups in total. The smallest absolute Gasteiger partial charge is 0.339 e. The van der Waals surface area contributed by atoms with Crippen molar-refractivity contribution < 1.29 is 14.3 Å². The van der Waals surface area contributed by atoms with Crippen LogP contribution in [0.3, 0.4) is 0 Å². The zero-order valence-electron chi connectivity index (χ0n) is 11.8. The summed E-state index contributed by atoms with van der Waals surface area (Å²) < 4.78 is 5.50. The van der Waals surface area contributed by atoms with Crippen LogP contribution in [-0.4, -0.2) is 11.1 Å². The van der Waals surface area contributed by atoms with E-state index in [0.29, 0.717) is 16.7 Å². The number of aryl methyl sites for hydroxylation is 3. The summed E-state index contributed by atoms with van der Waals surface area (Å²) in [5.41, 5.74) is 3.30. The Labute approximate surface area is 122 Å². The molecule has 0 spiro atoms. The highest BCUT2D eigenvalue weighted by molar-refractivity contribution is 6.03.